The number of carbonyl (C=O) groups excluding carboxylic acids is 4. The van der Waals surface area contributed by atoms with Gasteiger partial charge in [-0.2, -0.15) is 0 Å². The molecule has 0 aromatic heterocycles. The molecular formula is C28H30N4O4. The molecule has 0 bridgehead atoms. The topological polar surface area (TPSA) is 144 Å². The first kappa shape index (κ1) is 26.2. The maximum Gasteiger partial charge on any atom is 0.243 e. The van der Waals surface area contributed by atoms with Crippen molar-refractivity contribution in [2.24, 2.45) is 11.5 Å². The predicted octanol–water partition coefficient (Wildman–Crippen LogP) is 1.86. The molecule has 3 aromatic rings. The van der Waals surface area contributed by atoms with E-state index in [0.29, 0.717) is 0 Å². The molecule has 6 N–H and O–H groups in total. The standard InChI is InChI=1S/C28H30N4O4/c29-25(33)15-16-26(34)31-24(18-19-7-3-1-4-8-19)28(36)32-23(27(30)35)17-20-11-13-22(14-12-20)21-9-5-2-6-10-21/h1-14,23-24H,15-18H2,(H2,29,33)(H2,30,35)(H,31,34)(H,32,36)/t23-,24+/m0/s1. The molecule has 8 heteroatoms. The number of benzene rings is 3. The maximum absolute atomic E-state index is 13.1. The summed E-state index contributed by atoms with van der Waals surface area (Å²) in [6.45, 7) is 0. The summed E-state index contributed by atoms with van der Waals surface area (Å²) in [5.41, 5.74) is 14.5. The first-order valence-electron chi connectivity index (χ1n) is 11.7. The first-order chi connectivity index (χ1) is 17.3. The maximum atomic E-state index is 13.1. The molecule has 186 valence electrons. The van der Waals surface area contributed by atoms with Crippen molar-refractivity contribution in [1.82, 2.24) is 10.6 Å². The Morgan fingerprint density at radius 2 is 1.14 bits per heavy atom. The fourth-order valence-corrected chi connectivity index (χ4v) is 3.76. The largest absolute Gasteiger partial charge is 0.370 e. The van der Waals surface area contributed by atoms with E-state index < -0.39 is 35.7 Å². The van der Waals surface area contributed by atoms with Crippen molar-refractivity contribution in [3.05, 3.63) is 96.1 Å². The fraction of sp³-hybridized carbons (Fsp3) is 0.214. The third kappa shape index (κ3) is 8.09. The monoisotopic (exact) mass is 486 g/mol. The molecule has 3 aromatic carbocycles. The van der Waals surface area contributed by atoms with Crippen LogP contribution in [0.1, 0.15) is 24.0 Å². The summed E-state index contributed by atoms with van der Waals surface area (Å²) < 4.78 is 0. The van der Waals surface area contributed by atoms with Gasteiger partial charge in [-0.05, 0) is 22.3 Å². The Hall–Kier alpha value is -4.46. The van der Waals surface area contributed by atoms with Crippen molar-refractivity contribution in [3.8, 4) is 11.1 Å². The van der Waals surface area contributed by atoms with Gasteiger partial charge in [0.05, 0.1) is 0 Å². The van der Waals surface area contributed by atoms with Crippen molar-refractivity contribution in [1.29, 1.82) is 0 Å². The zero-order valence-electron chi connectivity index (χ0n) is 19.9. The molecule has 0 fully saturated rings. The number of carbonyl (C=O) groups is 4. The summed E-state index contributed by atoms with van der Waals surface area (Å²) in [6, 6.07) is 24.8. The van der Waals surface area contributed by atoms with Crippen LogP contribution in [0.5, 0.6) is 0 Å². The Labute approximate surface area is 210 Å². The van der Waals surface area contributed by atoms with Crippen molar-refractivity contribution in [2.45, 2.75) is 37.8 Å². The van der Waals surface area contributed by atoms with E-state index in [1.165, 1.54) is 0 Å². The van der Waals surface area contributed by atoms with Crippen LogP contribution in [0.2, 0.25) is 0 Å². The van der Waals surface area contributed by atoms with Crippen LogP contribution in [0.4, 0.5) is 0 Å². The second-order valence-electron chi connectivity index (χ2n) is 8.51. The lowest BCUT2D eigenvalue weighted by Gasteiger charge is -2.22. The van der Waals surface area contributed by atoms with Crippen LogP contribution in [-0.2, 0) is 32.0 Å². The summed E-state index contributed by atoms with van der Waals surface area (Å²) in [7, 11) is 0. The Morgan fingerprint density at radius 3 is 1.72 bits per heavy atom. The van der Waals surface area contributed by atoms with E-state index in [9.17, 15) is 19.2 Å². The highest BCUT2D eigenvalue weighted by Crippen LogP contribution is 2.19. The molecule has 2 atom stereocenters. The molecule has 0 aliphatic carbocycles. The normalized spacial score (nSPS) is 12.2. The van der Waals surface area contributed by atoms with Gasteiger partial charge in [0.2, 0.25) is 23.6 Å². The van der Waals surface area contributed by atoms with E-state index >= 15 is 0 Å². The summed E-state index contributed by atoms with van der Waals surface area (Å²) in [4.78, 5) is 48.7. The van der Waals surface area contributed by atoms with Gasteiger partial charge in [0.15, 0.2) is 0 Å². The molecule has 8 nitrogen and oxygen atoms in total. The zero-order chi connectivity index (χ0) is 25.9. The molecule has 4 amide bonds. The number of amides is 4. The summed E-state index contributed by atoms with van der Waals surface area (Å²) >= 11 is 0. The zero-order valence-corrected chi connectivity index (χ0v) is 19.9. The van der Waals surface area contributed by atoms with E-state index in [0.717, 1.165) is 22.3 Å². The van der Waals surface area contributed by atoms with Crippen LogP contribution >= 0.6 is 0 Å². The van der Waals surface area contributed by atoms with Gasteiger partial charge in [-0.15, -0.1) is 0 Å². The molecule has 0 heterocycles. The number of primary amides is 2. The number of hydrogen-bond donors (Lipinski definition) is 4. The molecule has 0 unspecified atom stereocenters. The second kappa shape index (κ2) is 12.9. The Balaban J connectivity index is 1.70. The van der Waals surface area contributed by atoms with Crippen molar-refractivity contribution in [2.75, 3.05) is 0 Å². The number of nitrogens with two attached hydrogens (primary N) is 2. The Morgan fingerprint density at radius 1 is 0.611 bits per heavy atom. The average Bonchev–Trinajstić information content (AvgIpc) is 2.88. The molecular weight excluding hydrogens is 456 g/mol. The van der Waals surface area contributed by atoms with Crippen LogP contribution in [0.25, 0.3) is 11.1 Å². The quantitative estimate of drug-likeness (QED) is 0.310. The lowest BCUT2D eigenvalue weighted by Crippen LogP contribution is -2.54. The fourth-order valence-electron chi connectivity index (χ4n) is 3.76. The molecule has 0 spiro atoms. The molecule has 0 saturated carbocycles. The minimum Gasteiger partial charge on any atom is -0.370 e. The molecule has 0 saturated heterocycles. The molecule has 0 aliphatic rings. The van der Waals surface area contributed by atoms with Gasteiger partial charge < -0.3 is 22.1 Å². The van der Waals surface area contributed by atoms with Gasteiger partial charge >= 0.3 is 0 Å². The summed E-state index contributed by atoms with van der Waals surface area (Å²) in [5.74, 6) is -2.33. The van der Waals surface area contributed by atoms with Gasteiger partial charge in [0.1, 0.15) is 12.1 Å². The molecule has 3 rings (SSSR count). The van der Waals surface area contributed by atoms with Crippen LogP contribution < -0.4 is 22.1 Å². The van der Waals surface area contributed by atoms with Crippen LogP contribution in [0.3, 0.4) is 0 Å². The summed E-state index contributed by atoms with van der Waals surface area (Å²) in [6.07, 6.45) is 0.130. The van der Waals surface area contributed by atoms with Gasteiger partial charge in [0.25, 0.3) is 0 Å². The molecule has 0 radical (unpaired) electrons. The van der Waals surface area contributed by atoms with Crippen molar-refractivity contribution < 1.29 is 19.2 Å². The number of nitrogens with one attached hydrogen (secondary N) is 2. The lowest BCUT2D eigenvalue weighted by atomic mass is 9.99. The SMILES string of the molecule is NC(=O)CCC(=O)N[C@H](Cc1ccccc1)C(=O)N[C@@H](Cc1ccc(-c2ccccc2)cc1)C(N)=O. The van der Waals surface area contributed by atoms with Crippen LogP contribution in [-0.4, -0.2) is 35.7 Å². The van der Waals surface area contributed by atoms with Crippen molar-refractivity contribution in [3.63, 3.8) is 0 Å². The van der Waals surface area contributed by atoms with E-state index in [4.69, 9.17) is 11.5 Å². The third-order valence-electron chi connectivity index (χ3n) is 5.69. The van der Waals surface area contributed by atoms with E-state index in [1.54, 1.807) is 0 Å². The Kier molecular flexibility index (Phi) is 9.33. The molecule has 0 aliphatic heterocycles. The predicted molar refractivity (Wildman–Crippen MR) is 137 cm³/mol. The van der Waals surface area contributed by atoms with Crippen molar-refractivity contribution >= 4 is 23.6 Å². The second-order valence-corrected chi connectivity index (χ2v) is 8.51. The smallest absolute Gasteiger partial charge is 0.243 e. The minimum atomic E-state index is -0.971. The van der Waals surface area contributed by atoms with Gasteiger partial charge in [0, 0.05) is 25.7 Å². The number of rotatable bonds is 12. The van der Waals surface area contributed by atoms with E-state index in [2.05, 4.69) is 10.6 Å². The van der Waals surface area contributed by atoms with Gasteiger partial charge in [-0.25, -0.2) is 0 Å². The van der Waals surface area contributed by atoms with Gasteiger partial charge in [-0.3, -0.25) is 19.2 Å². The Bertz CT molecular complexity index is 1180. The van der Waals surface area contributed by atoms with Crippen LogP contribution in [0.15, 0.2) is 84.9 Å². The van der Waals surface area contributed by atoms with Gasteiger partial charge in [-0.1, -0.05) is 84.9 Å². The van der Waals surface area contributed by atoms with E-state index in [1.807, 2.05) is 84.9 Å². The number of hydrogen-bond acceptors (Lipinski definition) is 4. The average molecular weight is 487 g/mol. The highest BCUT2D eigenvalue weighted by Gasteiger charge is 2.26. The molecule has 36 heavy (non-hydrogen) atoms. The van der Waals surface area contributed by atoms with Crippen LogP contribution in [0, 0.1) is 0 Å². The van der Waals surface area contributed by atoms with E-state index in [-0.39, 0.29) is 25.7 Å². The highest BCUT2D eigenvalue weighted by atomic mass is 16.2. The highest BCUT2D eigenvalue weighted by molar-refractivity contribution is 5.92. The lowest BCUT2D eigenvalue weighted by molar-refractivity contribution is -0.131. The third-order valence-corrected chi connectivity index (χ3v) is 5.69. The first-order valence-corrected chi connectivity index (χ1v) is 11.7. The minimum absolute atomic E-state index is 0.131. The summed E-state index contributed by atoms with van der Waals surface area (Å²) in [5, 5.41) is 5.33.